The van der Waals surface area contributed by atoms with Crippen LogP contribution in [0.3, 0.4) is 0 Å². The van der Waals surface area contributed by atoms with Crippen LogP contribution >= 0.6 is 0 Å². The highest BCUT2D eigenvalue weighted by molar-refractivity contribution is 6.02. The van der Waals surface area contributed by atoms with Gasteiger partial charge in [-0.05, 0) is 11.6 Å². The van der Waals surface area contributed by atoms with Gasteiger partial charge in [0.15, 0.2) is 6.23 Å². The van der Waals surface area contributed by atoms with Gasteiger partial charge in [-0.25, -0.2) is 4.79 Å². The number of hydrogen-bond donors (Lipinski definition) is 1. The van der Waals surface area contributed by atoms with Crippen molar-refractivity contribution in [2.45, 2.75) is 17.7 Å². The quantitative estimate of drug-likeness (QED) is 0.833. The summed E-state index contributed by atoms with van der Waals surface area (Å²) in [6.45, 7) is 0. The van der Waals surface area contributed by atoms with Crippen molar-refractivity contribution in [1.82, 2.24) is 9.80 Å². The lowest BCUT2D eigenvalue weighted by molar-refractivity contribution is -0.184. The summed E-state index contributed by atoms with van der Waals surface area (Å²) in [5.74, 6) is -1.00. The molecule has 0 aromatic heterocycles. The summed E-state index contributed by atoms with van der Waals surface area (Å²) in [6, 6.07) is 8.75. The molecular weight excluding hydrogens is 272 g/mol. The Morgan fingerprint density at radius 2 is 1.86 bits per heavy atom. The number of carbonyl (C=O) groups is 2. The van der Waals surface area contributed by atoms with E-state index in [2.05, 4.69) is 0 Å². The Labute approximate surface area is 122 Å². The van der Waals surface area contributed by atoms with Crippen molar-refractivity contribution in [1.29, 1.82) is 0 Å². The van der Waals surface area contributed by atoms with Gasteiger partial charge in [-0.15, -0.1) is 0 Å². The summed E-state index contributed by atoms with van der Waals surface area (Å²) in [5, 5.41) is 10.5. The lowest BCUT2D eigenvalue weighted by Gasteiger charge is -2.47. The number of hydrogen-bond acceptors (Lipinski definition) is 4. The van der Waals surface area contributed by atoms with Gasteiger partial charge in [-0.2, -0.15) is 0 Å². The molecule has 2 aliphatic rings. The zero-order valence-corrected chi connectivity index (χ0v) is 11.8. The van der Waals surface area contributed by atoms with Gasteiger partial charge < -0.3 is 9.84 Å². The van der Waals surface area contributed by atoms with Gasteiger partial charge in [0.1, 0.15) is 0 Å². The first-order valence-electron chi connectivity index (χ1n) is 6.62. The van der Waals surface area contributed by atoms with E-state index in [1.807, 2.05) is 30.3 Å². The van der Waals surface area contributed by atoms with Crippen LogP contribution in [-0.4, -0.2) is 52.8 Å². The van der Waals surface area contributed by atoms with Crippen LogP contribution in [-0.2, 0) is 9.53 Å². The fourth-order valence-electron chi connectivity index (χ4n) is 2.96. The second-order valence-electron chi connectivity index (χ2n) is 5.26. The number of carbonyl (C=O) groups excluding carboxylic acids is 2. The van der Waals surface area contributed by atoms with E-state index >= 15 is 0 Å². The number of likely N-dealkylation sites (N-methyl/N-ethyl adjacent to an activating group) is 2. The van der Waals surface area contributed by atoms with E-state index in [-0.39, 0.29) is 0 Å². The molecule has 1 N–H and O–H groups in total. The van der Waals surface area contributed by atoms with Crippen LogP contribution in [0.1, 0.15) is 11.5 Å². The molecule has 0 radical (unpaired) electrons. The first-order chi connectivity index (χ1) is 10.00. The van der Waals surface area contributed by atoms with Crippen molar-refractivity contribution in [2.75, 3.05) is 14.1 Å². The minimum Gasteiger partial charge on any atom is -0.479 e. The molecule has 2 heterocycles. The van der Waals surface area contributed by atoms with E-state index in [0.29, 0.717) is 0 Å². The van der Waals surface area contributed by atoms with E-state index in [1.54, 1.807) is 6.08 Å². The molecule has 3 rings (SSSR count). The average molecular weight is 288 g/mol. The van der Waals surface area contributed by atoms with Gasteiger partial charge in [0.05, 0.1) is 12.2 Å². The van der Waals surface area contributed by atoms with Gasteiger partial charge in [-0.1, -0.05) is 30.3 Å². The fourth-order valence-corrected chi connectivity index (χ4v) is 2.96. The molecule has 1 unspecified atom stereocenters. The molecule has 6 nitrogen and oxygen atoms in total. The van der Waals surface area contributed by atoms with Gasteiger partial charge in [-0.3, -0.25) is 14.6 Å². The molecule has 3 amide bonds. The van der Waals surface area contributed by atoms with E-state index in [0.717, 1.165) is 15.4 Å². The van der Waals surface area contributed by atoms with Gasteiger partial charge in [0.25, 0.3) is 5.91 Å². The Bertz CT molecular complexity index is 615. The lowest BCUT2D eigenvalue weighted by Crippen LogP contribution is -2.70. The number of urea groups is 1. The maximum absolute atomic E-state index is 12.7. The normalized spacial score (nSPS) is 32.0. The standard InChI is InChI=1S/C15H16N2O4/c1-16-12(18)15(13(19)17(2)14(16)20)11(8-9-21-15)10-6-4-3-5-7-10/h3-9,11-12,18H,1-2H3/t11?,12-,15+/m0/s1. The predicted molar refractivity (Wildman–Crippen MR) is 74.1 cm³/mol. The van der Waals surface area contributed by atoms with Crippen LogP contribution in [0.15, 0.2) is 42.7 Å². The molecule has 6 heteroatoms. The second kappa shape index (κ2) is 4.60. The molecule has 3 atom stereocenters. The number of benzene rings is 1. The van der Waals surface area contributed by atoms with Crippen molar-refractivity contribution < 1.29 is 19.4 Å². The molecule has 110 valence electrons. The van der Waals surface area contributed by atoms with Crippen molar-refractivity contribution in [2.24, 2.45) is 0 Å². The molecule has 0 bridgehead atoms. The van der Waals surface area contributed by atoms with Crippen molar-refractivity contribution in [3.8, 4) is 0 Å². The zero-order valence-electron chi connectivity index (χ0n) is 11.8. The van der Waals surface area contributed by atoms with E-state index < -0.39 is 29.7 Å². The Morgan fingerprint density at radius 1 is 1.19 bits per heavy atom. The van der Waals surface area contributed by atoms with Gasteiger partial charge >= 0.3 is 6.03 Å². The summed E-state index contributed by atoms with van der Waals surface area (Å²) < 4.78 is 5.55. The maximum atomic E-state index is 12.7. The number of amides is 3. The highest BCUT2D eigenvalue weighted by Gasteiger charge is 2.62. The highest BCUT2D eigenvalue weighted by Crippen LogP contribution is 2.44. The van der Waals surface area contributed by atoms with Crippen molar-refractivity contribution in [3.63, 3.8) is 0 Å². The third-order valence-electron chi connectivity index (χ3n) is 4.13. The number of aliphatic hydroxyl groups is 1. The summed E-state index contributed by atoms with van der Waals surface area (Å²) in [5.41, 5.74) is -0.687. The number of rotatable bonds is 1. The van der Waals surface area contributed by atoms with Crippen LogP contribution in [0.2, 0.25) is 0 Å². The molecule has 21 heavy (non-hydrogen) atoms. The Morgan fingerprint density at radius 3 is 2.52 bits per heavy atom. The molecular formula is C15H16N2O4. The van der Waals surface area contributed by atoms with Crippen LogP contribution in [0, 0.1) is 0 Å². The highest BCUT2D eigenvalue weighted by atomic mass is 16.5. The number of ether oxygens (including phenoxy) is 1. The molecule has 2 aliphatic heterocycles. The zero-order chi connectivity index (χ0) is 15.2. The molecule has 0 saturated carbocycles. The summed E-state index contributed by atoms with van der Waals surface area (Å²) in [7, 11) is 2.83. The maximum Gasteiger partial charge on any atom is 0.328 e. The Balaban J connectivity index is 2.10. The van der Waals surface area contributed by atoms with Crippen LogP contribution in [0.4, 0.5) is 4.79 Å². The average Bonchev–Trinajstić information content (AvgIpc) is 2.96. The van der Waals surface area contributed by atoms with Gasteiger partial charge in [0, 0.05) is 14.1 Å². The summed E-state index contributed by atoms with van der Waals surface area (Å²) in [4.78, 5) is 26.7. The van der Waals surface area contributed by atoms with E-state index in [1.165, 1.54) is 20.4 Å². The SMILES string of the molecule is CN1C(=O)N(C)[C@@H](O)[C@@]2(OC=CC2c2ccccc2)C1=O. The number of imide groups is 1. The molecule has 1 saturated heterocycles. The van der Waals surface area contributed by atoms with Crippen molar-refractivity contribution in [3.05, 3.63) is 48.2 Å². The molecule has 1 aromatic rings. The summed E-state index contributed by atoms with van der Waals surface area (Å²) >= 11 is 0. The van der Waals surface area contributed by atoms with E-state index in [9.17, 15) is 14.7 Å². The largest absolute Gasteiger partial charge is 0.479 e. The minimum absolute atomic E-state index is 0.459. The molecule has 1 aromatic carbocycles. The third-order valence-corrected chi connectivity index (χ3v) is 4.13. The predicted octanol–water partition coefficient (Wildman–Crippen LogP) is 0.895. The van der Waals surface area contributed by atoms with E-state index in [4.69, 9.17) is 4.74 Å². The third kappa shape index (κ3) is 1.69. The monoisotopic (exact) mass is 288 g/mol. The summed E-state index contributed by atoms with van der Waals surface area (Å²) in [6.07, 6.45) is 1.79. The topological polar surface area (TPSA) is 70.1 Å². The Hall–Kier alpha value is -2.34. The van der Waals surface area contributed by atoms with Gasteiger partial charge in [0.2, 0.25) is 5.60 Å². The molecule has 1 spiro atoms. The first kappa shape index (κ1) is 13.6. The second-order valence-corrected chi connectivity index (χ2v) is 5.26. The van der Waals surface area contributed by atoms with Crippen LogP contribution in [0.5, 0.6) is 0 Å². The Kier molecular flexibility index (Phi) is 2.98. The lowest BCUT2D eigenvalue weighted by atomic mass is 9.79. The molecule has 0 aliphatic carbocycles. The minimum atomic E-state index is -1.53. The first-order valence-corrected chi connectivity index (χ1v) is 6.62. The fraction of sp³-hybridized carbons (Fsp3) is 0.333. The number of nitrogens with zero attached hydrogens (tertiary/aromatic N) is 2. The number of aliphatic hydroxyl groups excluding tert-OH is 1. The van der Waals surface area contributed by atoms with Crippen molar-refractivity contribution >= 4 is 11.9 Å². The van der Waals surface area contributed by atoms with Crippen LogP contribution < -0.4 is 0 Å². The smallest absolute Gasteiger partial charge is 0.328 e. The molecule has 1 fully saturated rings. The van der Waals surface area contributed by atoms with Crippen LogP contribution in [0.25, 0.3) is 0 Å².